The molecule has 0 spiro atoms. The summed E-state index contributed by atoms with van der Waals surface area (Å²) in [5.41, 5.74) is 13.5. The molecule has 1 aromatic carbocycles. The minimum absolute atomic E-state index is 0. The molecule has 2 atom stereocenters. The van der Waals surface area contributed by atoms with Crippen molar-refractivity contribution < 1.29 is 9.18 Å². The van der Waals surface area contributed by atoms with Gasteiger partial charge in [-0.2, -0.15) is 0 Å². The number of carbonyl (C=O) groups is 1. The molecule has 1 saturated heterocycles. The molecule has 1 aliphatic heterocycles. The lowest BCUT2D eigenvalue weighted by atomic mass is 9.99. The first-order valence-electron chi connectivity index (χ1n) is 8.73. The molecule has 9 heteroatoms. The first-order chi connectivity index (χ1) is 12.6. The van der Waals surface area contributed by atoms with Crippen LogP contribution in [0.15, 0.2) is 29.6 Å². The van der Waals surface area contributed by atoms with Crippen LogP contribution in [0.5, 0.6) is 0 Å². The molecule has 3 rings (SSSR count). The maximum atomic E-state index is 13.4. The van der Waals surface area contributed by atoms with Gasteiger partial charge in [0.05, 0.1) is 0 Å². The van der Waals surface area contributed by atoms with E-state index in [0.29, 0.717) is 24.8 Å². The summed E-state index contributed by atoms with van der Waals surface area (Å²) >= 11 is 1.41. The zero-order valence-electron chi connectivity index (χ0n) is 15.2. The largest absolute Gasteiger partial charge is 0.340 e. The number of aromatic nitrogens is 1. The Morgan fingerprint density at radius 3 is 2.96 bits per heavy atom. The molecule has 27 heavy (non-hydrogen) atoms. The normalized spacial score (nSPS) is 18.9. The summed E-state index contributed by atoms with van der Waals surface area (Å²) in [6.07, 6.45) is 2.71. The van der Waals surface area contributed by atoms with E-state index < -0.39 is 0 Å². The molecule has 2 aromatic rings. The summed E-state index contributed by atoms with van der Waals surface area (Å²) in [6.45, 7) is 1.02. The third kappa shape index (κ3) is 5.70. The molecule has 0 bridgehead atoms. The van der Waals surface area contributed by atoms with Crippen LogP contribution in [0.25, 0.3) is 0 Å². The maximum absolute atomic E-state index is 13.4. The molecule has 0 radical (unpaired) electrons. The van der Waals surface area contributed by atoms with Crippen LogP contribution in [0, 0.1) is 5.82 Å². The van der Waals surface area contributed by atoms with E-state index in [2.05, 4.69) is 15.8 Å². The monoisotopic (exact) mass is 413 g/mol. The molecule has 1 aromatic heterocycles. The van der Waals surface area contributed by atoms with Crippen LogP contribution in [0.4, 0.5) is 4.39 Å². The van der Waals surface area contributed by atoms with Gasteiger partial charge < -0.3 is 10.6 Å². The Bertz CT molecular complexity index is 759. The van der Waals surface area contributed by atoms with Gasteiger partial charge in [-0.25, -0.2) is 9.37 Å². The minimum atomic E-state index is -0.215. The number of nitrogens with zero attached hydrogens (tertiary/aromatic N) is 2. The summed E-state index contributed by atoms with van der Waals surface area (Å²) in [5.74, 6) is -0.288. The van der Waals surface area contributed by atoms with Crippen molar-refractivity contribution in [3.63, 3.8) is 0 Å². The van der Waals surface area contributed by atoms with Crippen LogP contribution >= 0.6 is 23.7 Å². The average molecular weight is 414 g/mol. The average Bonchev–Trinajstić information content (AvgIpc) is 3.30. The molecule has 1 aliphatic rings. The fourth-order valence-corrected chi connectivity index (χ4v) is 3.78. The lowest BCUT2D eigenvalue weighted by Crippen LogP contribution is -2.32. The van der Waals surface area contributed by atoms with Crippen molar-refractivity contribution in [3.8, 4) is 0 Å². The van der Waals surface area contributed by atoms with Gasteiger partial charge in [0.25, 0.3) is 5.91 Å². The van der Waals surface area contributed by atoms with Crippen molar-refractivity contribution in [1.82, 2.24) is 20.7 Å². The smallest absolute Gasteiger partial charge is 0.273 e. The Balaban J connectivity index is 0.00000261. The fraction of sp³-hybridized carbons (Fsp3) is 0.444. The summed E-state index contributed by atoms with van der Waals surface area (Å²) in [7, 11) is 1.79. The highest BCUT2D eigenvalue weighted by atomic mass is 35.5. The van der Waals surface area contributed by atoms with E-state index in [1.165, 1.54) is 17.4 Å². The first kappa shape index (κ1) is 21.7. The molecule has 0 saturated carbocycles. The van der Waals surface area contributed by atoms with Crippen LogP contribution in [0.3, 0.4) is 0 Å². The van der Waals surface area contributed by atoms with Gasteiger partial charge in [-0.15, -0.1) is 23.7 Å². The summed E-state index contributed by atoms with van der Waals surface area (Å²) in [6, 6.07) is 7.09. The zero-order chi connectivity index (χ0) is 18.5. The van der Waals surface area contributed by atoms with E-state index in [1.807, 2.05) is 6.07 Å². The van der Waals surface area contributed by atoms with Crippen molar-refractivity contribution in [1.29, 1.82) is 0 Å². The number of carbonyl (C=O) groups excluding carboxylic acids is 1. The highest BCUT2D eigenvalue weighted by Gasteiger charge is 2.25. The topological polar surface area (TPSA) is 83.3 Å². The van der Waals surface area contributed by atoms with Crippen LogP contribution in [0.2, 0.25) is 0 Å². The Morgan fingerprint density at radius 1 is 1.44 bits per heavy atom. The lowest BCUT2D eigenvalue weighted by Gasteiger charge is -2.17. The second-order valence-electron chi connectivity index (χ2n) is 6.53. The molecule has 0 aliphatic carbocycles. The number of benzene rings is 1. The lowest BCUT2D eigenvalue weighted by molar-refractivity contribution is 0.0786. The van der Waals surface area contributed by atoms with Crippen LogP contribution in [0.1, 0.15) is 46.4 Å². The highest BCUT2D eigenvalue weighted by molar-refractivity contribution is 7.09. The molecular formula is C18H25ClFN5OS. The van der Waals surface area contributed by atoms with Crippen LogP contribution in [-0.4, -0.2) is 35.4 Å². The number of hydrogen-bond acceptors (Lipinski definition) is 6. The third-order valence-electron chi connectivity index (χ3n) is 4.57. The van der Waals surface area contributed by atoms with Crippen molar-refractivity contribution in [3.05, 3.63) is 51.7 Å². The molecule has 1 fully saturated rings. The minimum Gasteiger partial charge on any atom is -0.340 e. The van der Waals surface area contributed by atoms with E-state index in [4.69, 9.17) is 5.73 Å². The second-order valence-corrected chi connectivity index (χ2v) is 7.47. The number of thiazole rings is 1. The molecule has 2 unspecified atom stereocenters. The Hall–Kier alpha value is -1.58. The Kier molecular flexibility index (Phi) is 8.12. The van der Waals surface area contributed by atoms with Gasteiger partial charge in [-0.05, 0) is 37.0 Å². The number of amides is 1. The fourth-order valence-electron chi connectivity index (χ4n) is 3.13. The van der Waals surface area contributed by atoms with E-state index >= 15 is 0 Å². The van der Waals surface area contributed by atoms with E-state index in [1.54, 1.807) is 29.5 Å². The standard InChI is InChI=1S/C18H24FN5OS.ClH/c1-24(18(25)16-11-26-17(10-20)21-16)7-3-6-14-9-15(23-22-14)12-4-2-5-13(19)8-12;/h2,4-5,8,11,14-15,22-23H,3,6-7,9-10,20H2,1H3;1H. The summed E-state index contributed by atoms with van der Waals surface area (Å²) in [4.78, 5) is 18.3. The highest BCUT2D eigenvalue weighted by Crippen LogP contribution is 2.24. The van der Waals surface area contributed by atoms with Crippen LogP contribution < -0.4 is 16.6 Å². The predicted molar refractivity (Wildman–Crippen MR) is 107 cm³/mol. The molecule has 4 N–H and O–H groups in total. The summed E-state index contributed by atoms with van der Waals surface area (Å²) in [5, 5.41) is 2.53. The quantitative estimate of drug-likeness (QED) is 0.649. The number of rotatable bonds is 7. The van der Waals surface area contributed by atoms with Crippen LogP contribution in [-0.2, 0) is 6.54 Å². The summed E-state index contributed by atoms with van der Waals surface area (Å²) < 4.78 is 13.4. The van der Waals surface area contributed by atoms with Crippen molar-refractivity contribution in [2.45, 2.75) is 37.9 Å². The predicted octanol–water partition coefficient (Wildman–Crippen LogP) is 2.62. The Morgan fingerprint density at radius 2 is 2.26 bits per heavy atom. The second kappa shape index (κ2) is 10.1. The molecule has 148 valence electrons. The maximum Gasteiger partial charge on any atom is 0.273 e. The molecular weight excluding hydrogens is 389 g/mol. The van der Waals surface area contributed by atoms with E-state index in [9.17, 15) is 9.18 Å². The van der Waals surface area contributed by atoms with Gasteiger partial charge in [-0.3, -0.25) is 15.6 Å². The first-order valence-corrected chi connectivity index (χ1v) is 9.61. The van der Waals surface area contributed by atoms with Gasteiger partial charge in [0.2, 0.25) is 0 Å². The number of nitrogens with one attached hydrogen (secondary N) is 2. The van der Waals surface area contributed by atoms with E-state index in [0.717, 1.165) is 29.8 Å². The van der Waals surface area contributed by atoms with Gasteiger partial charge in [0.1, 0.15) is 16.5 Å². The number of halogens is 2. The van der Waals surface area contributed by atoms with Gasteiger partial charge in [0, 0.05) is 37.6 Å². The van der Waals surface area contributed by atoms with Crippen molar-refractivity contribution in [2.24, 2.45) is 5.73 Å². The number of hydrazine groups is 1. The number of nitrogens with two attached hydrogens (primary N) is 1. The molecule has 2 heterocycles. The molecule has 6 nitrogen and oxygen atoms in total. The van der Waals surface area contributed by atoms with E-state index in [-0.39, 0.29) is 30.2 Å². The SMILES string of the molecule is CN(CCCC1CC(c2cccc(F)c2)NN1)C(=O)c1csc(CN)n1.Cl. The van der Waals surface area contributed by atoms with Crippen molar-refractivity contribution in [2.75, 3.05) is 13.6 Å². The number of hydrogen-bond donors (Lipinski definition) is 3. The third-order valence-corrected chi connectivity index (χ3v) is 5.44. The van der Waals surface area contributed by atoms with Gasteiger partial charge in [-0.1, -0.05) is 12.1 Å². The molecule has 1 amide bonds. The van der Waals surface area contributed by atoms with Gasteiger partial charge in [0.15, 0.2) is 0 Å². The van der Waals surface area contributed by atoms with Crippen molar-refractivity contribution >= 4 is 29.7 Å². The zero-order valence-corrected chi connectivity index (χ0v) is 16.8. The Labute approximate surface area is 168 Å². The van der Waals surface area contributed by atoms with Gasteiger partial charge >= 0.3 is 0 Å².